The Morgan fingerprint density at radius 3 is 2.47 bits per heavy atom. The molecule has 0 spiro atoms. The van der Waals surface area contributed by atoms with Crippen molar-refractivity contribution in [2.24, 2.45) is 5.73 Å². The summed E-state index contributed by atoms with van der Waals surface area (Å²) in [7, 11) is 1.74. The van der Waals surface area contributed by atoms with E-state index >= 15 is 0 Å². The SMILES string of the molecule is CN[C@@H](CCCN)C(=O)N[C@H](CCc1ccccc1)C(=O)Nc1cnc2ccccc2c1. The molecule has 0 aliphatic rings. The molecule has 0 saturated carbocycles. The number of nitrogens with one attached hydrogen (secondary N) is 3. The molecule has 7 nitrogen and oxygen atoms in total. The van der Waals surface area contributed by atoms with E-state index in [4.69, 9.17) is 5.73 Å². The van der Waals surface area contributed by atoms with E-state index in [1.165, 1.54) is 0 Å². The number of pyridine rings is 1. The molecule has 0 fully saturated rings. The summed E-state index contributed by atoms with van der Waals surface area (Å²) in [5, 5.41) is 9.80. The lowest BCUT2D eigenvalue weighted by molar-refractivity contribution is -0.128. The minimum absolute atomic E-state index is 0.203. The van der Waals surface area contributed by atoms with E-state index < -0.39 is 12.1 Å². The zero-order valence-corrected chi connectivity index (χ0v) is 18.4. The second-order valence-corrected chi connectivity index (χ2v) is 7.76. The van der Waals surface area contributed by atoms with Gasteiger partial charge >= 0.3 is 0 Å². The zero-order chi connectivity index (χ0) is 22.8. The number of carbonyl (C=O) groups is 2. The highest BCUT2D eigenvalue weighted by atomic mass is 16.2. The van der Waals surface area contributed by atoms with Crippen LogP contribution in [0.15, 0.2) is 66.9 Å². The molecule has 0 radical (unpaired) electrons. The Bertz CT molecular complexity index is 1030. The molecule has 5 N–H and O–H groups in total. The molecule has 1 heterocycles. The number of benzene rings is 2. The third-order valence-electron chi connectivity index (χ3n) is 5.42. The average Bonchev–Trinajstić information content (AvgIpc) is 2.82. The second kappa shape index (κ2) is 11.9. The number of amides is 2. The molecule has 3 rings (SSSR count). The highest BCUT2D eigenvalue weighted by molar-refractivity contribution is 5.98. The molecule has 0 aliphatic carbocycles. The van der Waals surface area contributed by atoms with E-state index in [1.54, 1.807) is 13.2 Å². The summed E-state index contributed by atoms with van der Waals surface area (Å²) in [5.41, 5.74) is 8.16. The second-order valence-electron chi connectivity index (χ2n) is 7.76. The van der Waals surface area contributed by atoms with Crippen LogP contribution in [0.5, 0.6) is 0 Å². The fourth-order valence-corrected chi connectivity index (χ4v) is 3.59. The monoisotopic (exact) mass is 433 g/mol. The van der Waals surface area contributed by atoms with E-state index in [1.807, 2.05) is 60.7 Å². The molecular formula is C25H31N5O2. The number of carbonyl (C=O) groups excluding carboxylic acids is 2. The first-order chi connectivity index (χ1) is 15.6. The van der Waals surface area contributed by atoms with Gasteiger partial charge in [0, 0.05) is 5.39 Å². The quantitative estimate of drug-likeness (QED) is 0.372. The first-order valence-electron chi connectivity index (χ1n) is 11.0. The highest BCUT2D eigenvalue weighted by Gasteiger charge is 2.25. The third kappa shape index (κ3) is 6.60. The number of likely N-dealkylation sites (N-methyl/N-ethyl adjacent to an activating group) is 1. The molecule has 3 aromatic rings. The molecule has 0 unspecified atom stereocenters. The van der Waals surface area contributed by atoms with Gasteiger partial charge < -0.3 is 21.7 Å². The maximum atomic E-state index is 13.1. The number of rotatable bonds is 11. The van der Waals surface area contributed by atoms with Crippen molar-refractivity contribution in [3.8, 4) is 0 Å². The summed E-state index contributed by atoms with van der Waals surface area (Å²) >= 11 is 0. The van der Waals surface area contributed by atoms with Crippen LogP contribution in [-0.2, 0) is 16.0 Å². The van der Waals surface area contributed by atoms with E-state index in [2.05, 4.69) is 20.9 Å². The minimum atomic E-state index is -0.678. The predicted molar refractivity (Wildman–Crippen MR) is 128 cm³/mol. The van der Waals surface area contributed by atoms with Crippen LogP contribution in [0.25, 0.3) is 10.9 Å². The van der Waals surface area contributed by atoms with Gasteiger partial charge in [-0.2, -0.15) is 0 Å². The first-order valence-corrected chi connectivity index (χ1v) is 11.0. The molecule has 0 aliphatic heterocycles. The van der Waals surface area contributed by atoms with Crippen LogP contribution in [0.1, 0.15) is 24.8 Å². The predicted octanol–water partition coefficient (Wildman–Crippen LogP) is 2.62. The summed E-state index contributed by atoms with van der Waals surface area (Å²) in [6, 6.07) is 18.4. The average molecular weight is 434 g/mol. The van der Waals surface area contributed by atoms with Gasteiger partial charge in [-0.1, -0.05) is 48.5 Å². The molecular weight excluding hydrogens is 402 g/mol. The van der Waals surface area contributed by atoms with Crippen LogP contribution in [0.3, 0.4) is 0 Å². The molecule has 168 valence electrons. The van der Waals surface area contributed by atoms with Gasteiger partial charge in [-0.05, 0) is 57.0 Å². The van der Waals surface area contributed by atoms with Gasteiger partial charge in [0.1, 0.15) is 6.04 Å². The van der Waals surface area contributed by atoms with Crippen molar-refractivity contribution in [1.29, 1.82) is 0 Å². The molecule has 2 amide bonds. The van der Waals surface area contributed by atoms with Crippen molar-refractivity contribution >= 4 is 28.4 Å². The molecule has 0 saturated heterocycles. The molecule has 7 heteroatoms. The van der Waals surface area contributed by atoms with Gasteiger partial charge in [-0.3, -0.25) is 14.6 Å². The van der Waals surface area contributed by atoms with Crippen LogP contribution in [0, 0.1) is 0 Å². The Balaban J connectivity index is 1.73. The Hall–Kier alpha value is -3.29. The van der Waals surface area contributed by atoms with E-state index in [0.29, 0.717) is 31.5 Å². The van der Waals surface area contributed by atoms with Crippen molar-refractivity contribution < 1.29 is 9.59 Å². The molecule has 2 atom stereocenters. The fraction of sp³-hybridized carbons (Fsp3) is 0.320. The standard InChI is InChI=1S/C25H31N5O2/c1-27-22(12-7-15-26)24(31)30-23(14-13-18-8-3-2-4-9-18)25(32)29-20-16-19-10-5-6-11-21(19)28-17-20/h2-6,8-11,16-17,22-23,27H,7,12-15,26H2,1H3,(H,29,32)(H,30,31)/t22-,23+/m0/s1. The van der Waals surface area contributed by atoms with Crippen molar-refractivity contribution in [3.05, 3.63) is 72.4 Å². The smallest absolute Gasteiger partial charge is 0.247 e. The Kier molecular flexibility index (Phi) is 8.71. The number of fused-ring (bicyclic) bond motifs is 1. The van der Waals surface area contributed by atoms with Crippen molar-refractivity contribution in [2.45, 2.75) is 37.8 Å². The lowest BCUT2D eigenvalue weighted by atomic mass is 10.0. The van der Waals surface area contributed by atoms with E-state index in [9.17, 15) is 9.59 Å². The van der Waals surface area contributed by atoms with Crippen LogP contribution in [0.2, 0.25) is 0 Å². The Morgan fingerprint density at radius 2 is 1.72 bits per heavy atom. The van der Waals surface area contributed by atoms with Crippen molar-refractivity contribution in [1.82, 2.24) is 15.6 Å². The van der Waals surface area contributed by atoms with Gasteiger partial charge in [0.15, 0.2) is 0 Å². The molecule has 0 bridgehead atoms. The summed E-state index contributed by atoms with van der Waals surface area (Å²) in [5.74, 6) is -0.467. The summed E-state index contributed by atoms with van der Waals surface area (Å²) in [6.45, 7) is 0.512. The summed E-state index contributed by atoms with van der Waals surface area (Å²) in [4.78, 5) is 30.4. The van der Waals surface area contributed by atoms with E-state index in [-0.39, 0.29) is 11.8 Å². The number of nitrogens with zero attached hydrogens (tertiary/aromatic N) is 1. The number of nitrogens with two attached hydrogens (primary N) is 1. The topological polar surface area (TPSA) is 109 Å². The third-order valence-corrected chi connectivity index (χ3v) is 5.42. The summed E-state index contributed by atoms with van der Waals surface area (Å²) < 4.78 is 0. The molecule has 2 aromatic carbocycles. The zero-order valence-electron chi connectivity index (χ0n) is 18.4. The largest absolute Gasteiger partial charge is 0.343 e. The van der Waals surface area contributed by atoms with Gasteiger partial charge in [0.2, 0.25) is 11.8 Å². The van der Waals surface area contributed by atoms with Crippen LogP contribution in [0.4, 0.5) is 5.69 Å². The van der Waals surface area contributed by atoms with Gasteiger partial charge in [0.05, 0.1) is 23.4 Å². The fourth-order valence-electron chi connectivity index (χ4n) is 3.59. The maximum Gasteiger partial charge on any atom is 0.247 e. The van der Waals surface area contributed by atoms with Crippen LogP contribution >= 0.6 is 0 Å². The van der Waals surface area contributed by atoms with Crippen LogP contribution in [-0.4, -0.2) is 42.5 Å². The number of para-hydroxylation sites is 1. The van der Waals surface area contributed by atoms with Gasteiger partial charge in [0.25, 0.3) is 0 Å². The van der Waals surface area contributed by atoms with Gasteiger partial charge in [-0.15, -0.1) is 0 Å². The summed E-state index contributed by atoms with van der Waals surface area (Å²) in [6.07, 6.45) is 4.12. The number of hydrogen-bond acceptors (Lipinski definition) is 5. The first kappa shape index (κ1) is 23.4. The highest BCUT2D eigenvalue weighted by Crippen LogP contribution is 2.17. The van der Waals surface area contributed by atoms with Crippen molar-refractivity contribution in [2.75, 3.05) is 18.9 Å². The Labute approximate surface area is 188 Å². The molecule has 32 heavy (non-hydrogen) atoms. The number of hydrogen-bond donors (Lipinski definition) is 4. The normalized spacial score (nSPS) is 12.8. The maximum absolute atomic E-state index is 13.1. The van der Waals surface area contributed by atoms with E-state index in [0.717, 1.165) is 22.9 Å². The van der Waals surface area contributed by atoms with Crippen molar-refractivity contribution in [3.63, 3.8) is 0 Å². The van der Waals surface area contributed by atoms with Gasteiger partial charge in [-0.25, -0.2) is 0 Å². The molecule has 1 aromatic heterocycles. The number of aryl methyl sites for hydroxylation is 1. The lowest BCUT2D eigenvalue weighted by Gasteiger charge is -2.22. The lowest BCUT2D eigenvalue weighted by Crippen LogP contribution is -2.51. The number of aromatic nitrogens is 1. The minimum Gasteiger partial charge on any atom is -0.343 e. The van der Waals surface area contributed by atoms with Crippen LogP contribution < -0.4 is 21.7 Å². The Morgan fingerprint density at radius 1 is 0.969 bits per heavy atom. The number of anilines is 1.